The van der Waals surface area contributed by atoms with Crippen molar-refractivity contribution in [1.82, 2.24) is 10.4 Å². The maximum Gasteiger partial charge on any atom is 0.0841 e. The fourth-order valence-corrected chi connectivity index (χ4v) is 0.943. The van der Waals surface area contributed by atoms with Gasteiger partial charge in [0, 0.05) is 5.54 Å². The van der Waals surface area contributed by atoms with Gasteiger partial charge in [-0.15, -0.1) is 0 Å². The van der Waals surface area contributed by atoms with Crippen LogP contribution >= 0.6 is 0 Å². The second kappa shape index (κ2) is 1.45. The summed E-state index contributed by atoms with van der Waals surface area (Å²) < 4.78 is 0. The summed E-state index contributed by atoms with van der Waals surface area (Å²) in [4.78, 5) is 0. The van der Waals surface area contributed by atoms with Crippen molar-refractivity contribution in [3.8, 4) is 0 Å². The topological polar surface area (TPSA) is 25.0 Å². The quantitative estimate of drug-likeness (QED) is 0.474. The Labute approximate surface area is 50.8 Å². The molecule has 2 atom stereocenters. The van der Waals surface area contributed by atoms with Gasteiger partial charge in [-0.3, -0.25) is 0 Å². The second-order valence-electron chi connectivity index (χ2n) is 3.35. The lowest BCUT2D eigenvalue weighted by Crippen LogP contribution is -2.28. The van der Waals surface area contributed by atoms with Gasteiger partial charge in [0.15, 0.2) is 0 Å². The van der Waals surface area contributed by atoms with Crippen molar-refractivity contribution >= 4 is 0 Å². The summed E-state index contributed by atoms with van der Waals surface area (Å²) in [6, 6.07) is 0. The van der Waals surface area contributed by atoms with Crippen molar-refractivity contribution in [2.45, 2.75) is 39.4 Å². The van der Waals surface area contributed by atoms with Crippen molar-refractivity contribution in [2.24, 2.45) is 0 Å². The standard InChI is InChI=1S/C6H14N2/c1-5-7-8(5)6(2,3)4/h5,7H,1-4H3. The van der Waals surface area contributed by atoms with Crippen molar-refractivity contribution < 1.29 is 0 Å². The van der Waals surface area contributed by atoms with Gasteiger partial charge in [0.05, 0.1) is 6.17 Å². The molecule has 48 valence electrons. The van der Waals surface area contributed by atoms with Crippen molar-refractivity contribution in [3.05, 3.63) is 0 Å². The third kappa shape index (κ3) is 1.01. The molecule has 8 heavy (non-hydrogen) atoms. The Morgan fingerprint density at radius 2 is 1.75 bits per heavy atom. The zero-order valence-corrected chi connectivity index (χ0v) is 6.02. The second-order valence-corrected chi connectivity index (χ2v) is 3.35. The summed E-state index contributed by atoms with van der Waals surface area (Å²) in [5, 5.41) is 2.23. The van der Waals surface area contributed by atoms with E-state index in [0.717, 1.165) is 0 Å². The number of rotatable bonds is 0. The molecule has 1 saturated heterocycles. The van der Waals surface area contributed by atoms with Crippen LogP contribution in [0.15, 0.2) is 0 Å². The first kappa shape index (κ1) is 6.05. The summed E-state index contributed by atoms with van der Waals surface area (Å²) >= 11 is 0. The molecule has 1 rings (SSSR count). The zero-order chi connectivity index (χ0) is 6.36. The summed E-state index contributed by atoms with van der Waals surface area (Å²) in [6.45, 7) is 8.75. The molecule has 0 amide bonds. The molecule has 1 heterocycles. The highest BCUT2D eigenvalue weighted by atomic mass is 15.8. The fourth-order valence-electron chi connectivity index (χ4n) is 0.943. The van der Waals surface area contributed by atoms with Gasteiger partial charge in [0.1, 0.15) is 0 Å². The summed E-state index contributed by atoms with van der Waals surface area (Å²) in [6.07, 6.45) is 0.593. The van der Waals surface area contributed by atoms with Crippen LogP contribution < -0.4 is 5.43 Å². The Kier molecular flexibility index (Phi) is 1.10. The van der Waals surface area contributed by atoms with Crippen LogP contribution in [0.1, 0.15) is 27.7 Å². The van der Waals surface area contributed by atoms with Crippen LogP contribution in [0, 0.1) is 0 Å². The third-order valence-electron chi connectivity index (χ3n) is 1.37. The third-order valence-corrected chi connectivity index (χ3v) is 1.37. The molecular formula is C6H14N2. The molecule has 2 nitrogen and oxygen atoms in total. The Bertz CT molecular complexity index is 93.2. The summed E-state index contributed by atoms with van der Waals surface area (Å²) in [5.41, 5.74) is 3.51. The zero-order valence-electron chi connectivity index (χ0n) is 6.02. The molecule has 2 unspecified atom stereocenters. The molecule has 0 spiro atoms. The number of hydrogen-bond acceptors (Lipinski definition) is 2. The Hall–Kier alpha value is -0.0800. The van der Waals surface area contributed by atoms with Gasteiger partial charge < -0.3 is 0 Å². The van der Waals surface area contributed by atoms with Crippen molar-refractivity contribution in [3.63, 3.8) is 0 Å². The van der Waals surface area contributed by atoms with Crippen LogP contribution in [0.4, 0.5) is 0 Å². The molecule has 0 aliphatic carbocycles. The van der Waals surface area contributed by atoms with Crippen molar-refractivity contribution in [1.29, 1.82) is 0 Å². The van der Waals surface area contributed by atoms with E-state index in [1.54, 1.807) is 0 Å². The number of hydrogen-bond donors (Lipinski definition) is 1. The highest BCUT2D eigenvalue weighted by Crippen LogP contribution is 2.21. The normalized spacial score (nSPS) is 37.5. The van der Waals surface area contributed by atoms with Gasteiger partial charge in [0.2, 0.25) is 0 Å². The molecule has 1 aliphatic heterocycles. The highest BCUT2D eigenvalue weighted by Gasteiger charge is 2.37. The maximum atomic E-state index is 3.20. The first-order chi connectivity index (χ1) is 3.52. The van der Waals surface area contributed by atoms with Crippen LogP contribution in [0.5, 0.6) is 0 Å². The van der Waals surface area contributed by atoms with E-state index in [2.05, 4.69) is 38.1 Å². The van der Waals surface area contributed by atoms with E-state index >= 15 is 0 Å². The fraction of sp³-hybridized carbons (Fsp3) is 1.00. The van der Waals surface area contributed by atoms with E-state index < -0.39 is 0 Å². The van der Waals surface area contributed by atoms with E-state index in [0.29, 0.717) is 11.7 Å². The molecule has 0 aromatic carbocycles. The first-order valence-electron chi connectivity index (χ1n) is 3.07. The SMILES string of the molecule is CC1NN1C(C)(C)C. The van der Waals surface area contributed by atoms with Crippen LogP contribution in [-0.2, 0) is 0 Å². The molecule has 0 bridgehead atoms. The summed E-state index contributed by atoms with van der Waals surface area (Å²) in [5.74, 6) is 0. The van der Waals surface area contributed by atoms with Gasteiger partial charge in [-0.2, -0.15) is 0 Å². The lowest BCUT2D eigenvalue weighted by molar-refractivity contribution is 0.270. The average Bonchev–Trinajstić information content (AvgIpc) is 2.13. The van der Waals surface area contributed by atoms with Gasteiger partial charge in [-0.05, 0) is 27.7 Å². The Morgan fingerprint density at radius 3 is 1.75 bits per heavy atom. The predicted molar refractivity (Wildman–Crippen MR) is 34.2 cm³/mol. The largest absolute Gasteiger partial charge is 0.235 e. The molecule has 2 heteroatoms. The molecule has 1 N–H and O–H groups in total. The number of nitrogens with one attached hydrogen (secondary N) is 1. The molecule has 0 aromatic rings. The molecule has 1 aliphatic rings. The maximum absolute atomic E-state index is 3.20. The molecule has 0 saturated carbocycles. The number of nitrogens with zero attached hydrogens (tertiary/aromatic N) is 1. The molecule has 1 fully saturated rings. The molecular weight excluding hydrogens is 100 g/mol. The Balaban J connectivity index is 2.39. The predicted octanol–water partition coefficient (Wildman–Crippen LogP) is 0.951. The van der Waals surface area contributed by atoms with E-state index in [-0.39, 0.29) is 0 Å². The van der Waals surface area contributed by atoms with E-state index in [1.807, 2.05) is 0 Å². The average molecular weight is 114 g/mol. The van der Waals surface area contributed by atoms with E-state index in [9.17, 15) is 0 Å². The minimum atomic E-state index is 0.305. The molecule has 0 radical (unpaired) electrons. The minimum Gasteiger partial charge on any atom is -0.235 e. The highest BCUT2D eigenvalue weighted by molar-refractivity contribution is 4.85. The van der Waals surface area contributed by atoms with Gasteiger partial charge in [0.25, 0.3) is 0 Å². The molecule has 0 aromatic heterocycles. The van der Waals surface area contributed by atoms with Crippen LogP contribution in [0.3, 0.4) is 0 Å². The first-order valence-corrected chi connectivity index (χ1v) is 3.07. The number of hydrazine groups is 1. The summed E-state index contributed by atoms with van der Waals surface area (Å²) in [7, 11) is 0. The van der Waals surface area contributed by atoms with Gasteiger partial charge in [-0.1, -0.05) is 0 Å². The van der Waals surface area contributed by atoms with Gasteiger partial charge >= 0.3 is 0 Å². The van der Waals surface area contributed by atoms with Crippen LogP contribution in [0.25, 0.3) is 0 Å². The lowest BCUT2D eigenvalue weighted by Gasteiger charge is -2.17. The van der Waals surface area contributed by atoms with E-state index in [1.165, 1.54) is 0 Å². The van der Waals surface area contributed by atoms with Crippen LogP contribution in [0.2, 0.25) is 0 Å². The lowest BCUT2D eigenvalue weighted by atomic mass is 10.1. The smallest absolute Gasteiger partial charge is 0.0841 e. The monoisotopic (exact) mass is 114 g/mol. The van der Waals surface area contributed by atoms with E-state index in [4.69, 9.17) is 0 Å². The van der Waals surface area contributed by atoms with Crippen LogP contribution in [-0.4, -0.2) is 16.7 Å². The Morgan fingerprint density at radius 1 is 1.38 bits per heavy atom. The minimum absolute atomic E-state index is 0.305. The van der Waals surface area contributed by atoms with Gasteiger partial charge in [-0.25, -0.2) is 10.4 Å². The van der Waals surface area contributed by atoms with Crippen molar-refractivity contribution in [2.75, 3.05) is 0 Å².